The Kier molecular flexibility index (Phi) is 2.99. The Balaban J connectivity index is 2.41. The average Bonchev–Trinajstić information content (AvgIpc) is 2.73. The van der Waals surface area contributed by atoms with E-state index in [-0.39, 0.29) is 10.0 Å². The number of aryl methyl sites for hydroxylation is 1. The molecule has 0 saturated heterocycles. The van der Waals surface area contributed by atoms with Crippen LogP contribution in [0, 0.1) is 6.92 Å². The van der Waals surface area contributed by atoms with Gasteiger partial charge in [-0.2, -0.15) is 0 Å². The third kappa shape index (κ3) is 2.53. The van der Waals surface area contributed by atoms with Crippen molar-refractivity contribution in [3.05, 3.63) is 29.3 Å². The molecule has 3 N–H and O–H groups in total. The number of hydrogen-bond acceptors (Lipinski definition) is 6. The van der Waals surface area contributed by atoms with Crippen LogP contribution in [0.3, 0.4) is 0 Å². The number of benzene rings is 1. The predicted molar refractivity (Wildman–Crippen MR) is 66.3 cm³/mol. The largest absolute Gasteiger partial charge is 0.399 e. The second-order valence-corrected chi connectivity index (χ2v) is 5.86. The highest BCUT2D eigenvalue weighted by atomic mass is 32.2. The molecule has 0 fully saturated rings. The van der Waals surface area contributed by atoms with E-state index in [9.17, 15) is 8.42 Å². The highest BCUT2D eigenvalue weighted by Gasteiger charge is 2.18. The highest BCUT2D eigenvalue weighted by molar-refractivity contribution is 7.93. The number of hydrogen-bond donors (Lipinski definition) is 2. The van der Waals surface area contributed by atoms with E-state index in [1.807, 2.05) is 0 Å². The van der Waals surface area contributed by atoms with E-state index >= 15 is 0 Å². The lowest BCUT2D eigenvalue weighted by Gasteiger charge is -2.08. The summed E-state index contributed by atoms with van der Waals surface area (Å²) >= 11 is 1.11. The molecule has 0 saturated carbocycles. The van der Waals surface area contributed by atoms with Crippen LogP contribution >= 0.6 is 11.3 Å². The maximum Gasteiger partial charge on any atom is 0.264 e. The van der Waals surface area contributed by atoms with Gasteiger partial charge in [0.05, 0.1) is 4.90 Å². The molecule has 1 heterocycles. The first-order valence-electron chi connectivity index (χ1n) is 4.64. The molecule has 0 atom stereocenters. The van der Waals surface area contributed by atoms with Crippen molar-refractivity contribution in [3.63, 3.8) is 0 Å². The van der Waals surface area contributed by atoms with Crippen LogP contribution < -0.4 is 10.5 Å². The van der Waals surface area contributed by atoms with Crippen molar-refractivity contribution in [2.75, 3.05) is 10.5 Å². The quantitative estimate of drug-likeness (QED) is 0.817. The van der Waals surface area contributed by atoms with Gasteiger partial charge in [0.2, 0.25) is 5.13 Å². The fourth-order valence-electron chi connectivity index (χ4n) is 1.29. The molecule has 2 aromatic rings. The van der Waals surface area contributed by atoms with E-state index in [0.717, 1.165) is 11.3 Å². The van der Waals surface area contributed by atoms with Crippen LogP contribution in [0.15, 0.2) is 28.6 Å². The number of sulfonamides is 1. The van der Waals surface area contributed by atoms with Crippen molar-refractivity contribution in [1.29, 1.82) is 0 Å². The third-order valence-electron chi connectivity index (χ3n) is 2.08. The molecule has 0 radical (unpaired) electrons. The molecule has 0 bridgehead atoms. The second-order valence-electron chi connectivity index (χ2n) is 3.37. The number of anilines is 2. The summed E-state index contributed by atoms with van der Waals surface area (Å²) in [7, 11) is -3.66. The summed E-state index contributed by atoms with van der Waals surface area (Å²) in [6.07, 6.45) is 0. The number of nitrogen functional groups attached to an aromatic ring is 1. The van der Waals surface area contributed by atoms with Crippen LogP contribution in [-0.4, -0.2) is 18.6 Å². The summed E-state index contributed by atoms with van der Waals surface area (Å²) in [5.41, 5.74) is 8.05. The van der Waals surface area contributed by atoms with Gasteiger partial charge in [-0.3, -0.25) is 4.72 Å². The minimum atomic E-state index is -3.66. The van der Waals surface area contributed by atoms with Crippen LogP contribution in [0.2, 0.25) is 0 Å². The highest BCUT2D eigenvalue weighted by Crippen LogP contribution is 2.21. The number of nitrogens with one attached hydrogen (secondary N) is 1. The summed E-state index contributed by atoms with van der Waals surface area (Å²) in [6, 6.07) is 4.72. The van der Waals surface area contributed by atoms with Crippen LogP contribution in [0.5, 0.6) is 0 Å². The Morgan fingerprint density at radius 1 is 1.41 bits per heavy atom. The first-order chi connectivity index (χ1) is 7.99. The zero-order valence-corrected chi connectivity index (χ0v) is 10.5. The van der Waals surface area contributed by atoms with Crippen molar-refractivity contribution < 1.29 is 8.42 Å². The molecule has 0 aliphatic rings. The standard InChI is InChI=1S/C9H10N4O2S2/c1-6-2-3-7(10)4-8(6)17(14,15)13-9-12-11-5-16-9/h2-5H,10H2,1H3,(H,12,13). The maximum absolute atomic E-state index is 12.0. The minimum Gasteiger partial charge on any atom is -0.399 e. The zero-order chi connectivity index (χ0) is 12.5. The van der Waals surface area contributed by atoms with E-state index in [1.54, 1.807) is 19.1 Å². The number of nitrogens with zero attached hydrogens (tertiary/aromatic N) is 2. The molecule has 0 amide bonds. The van der Waals surface area contributed by atoms with Crippen molar-refractivity contribution in [3.8, 4) is 0 Å². The van der Waals surface area contributed by atoms with Gasteiger partial charge >= 0.3 is 0 Å². The minimum absolute atomic E-state index is 0.146. The predicted octanol–water partition coefficient (Wildman–Crippen LogP) is 1.23. The number of aromatic nitrogens is 2. The normalized spacial score (nSPS) is 11.4. The molecule has 0 unspecified atom stereocenters. The van der Waals surface area contributed by atoms with Gasteiger partial charge in [-0.25, -0.2) is 8.42 Å². The van der Waals surface area contributed by atoms with Crippen LogP contribution in [0.25, 0.3) is 0 Å². The van der Waals surface area contributed by atoms with Crippen molar-refractivity contribution in [1.82, 2.24) is 10.2 Å². The van der Waals surface area contributed by atoms with E-state index in [0.29, 0.717) is 11.3 Å². The smallest absolute Gasteiger partial charge is 0.264 e. The molecule has 1 aromatic heterocycles. The molecule has 2 rings (SSSR count). The summed E-state index contributed by atoms with van der Waals surface area (Å²) in [6.45, 7) is 1.70. The Hall–Kier alpha value is -1.67. The van der Waals surface area contributed by atoms with Gasteiger partial charge < -0.3 is 5.73 Å². The average molecular weight is 270 g/mol. The first kappa shape index (κ1) is 11.8. The first-order valence-corrected chi connectivity index (χ1v) is 7.00. The number of nitrogens with two attached hydrogens (primary N) is 1. The molecule has 0 aliphatic carbocycles. The lowest BCUT2D eigenvalue weighted by atomic mass is 10.2. The molecule has 17 heavy (non-hydrogen) atoms. The maximum atomic E-state index is 12.0. The van der Waals surface area contributed by atoms with Gasteiger partial charge in [-0.05, 0) is 24.6 Å². The van der Waals surface area contributed by atoms with Gasteiger partial charge in [-0.15, -0.1) is 10.2 Å². The Labute approximate surface area is 103 Å². The van der Waals surface area contributed by atoms with Gasteiger partial charge in [0, 0.05) is 5.69 Å². The van der Waals surface area contributed by atoms with E-state index < -0.39 is 10.0 Å². The van der Waals surface area contributed by atoms with Gasteiger partial charge in [-0.1, -0.05) is 17.4 Å². The molecule has 0 spiro atoms. The summed E-state index contributed by atoms with van der Waals surface area (Å²) in [5, 5.41) is 7.41. The second kappa shape index (κ2) is 4.30. The molecular formula is C9H10N4O2S2. The molecular weight excluding hydrogens is 260 g/mol. The molecule has 1 aromatic carbocycles. The molecule has 0 aliphatic heterocycles. The van der Waals surface area contributed by atoms with Crippen LogP contribution in [0.1, 0.15) is 5.56 Å². The fourth-order valence-corrected chi connectivity index (χ4v) is 3.27. The molecule has 8 heteroatoms. The lowest BCUT2D eigenvalue weighted by molar-refractivity contribution is 0.600. The van der Waals surface area contributed by atoms with Crippen molar-refractivity contribution in [2.24, 2.45) is 0 Å². The monoisotopic (exact) mass is 270 g/mol. The summed E-state index contributed by atoms with van der Waals surface area (Å²) in [4.78, 5) is 0.146. The van der Waals surface area contributed by atoms with E-state index in [2.05, 4.69) is 14.9 Å². The topological polar surface area (TPSA) is 98.0 Å². The van der Waals surface area contributed by atoms with Crippen LogP contribution in [-0.2, 0) is 10.0 Å². The van der Waals surface area contributed by atoms with Gasteiger partial charge in [0.15, 0.2) is 0 Å². The Bertz CT molecular complexity index is 622. The van der Waals surface area contributed by atoms with Crippen LogP contribution in [0.4, 0.5) is 10.8 Å². The fraction of sp³-hybridized carbons (Fsp3) is 0.111. The third-order valence-corrected chi connectivity index (χ3v) is 4.30. The van der Waals surface area contributed by atoms with Crippen molar-refractivity contribution >= 4 is 32.2 Å². The van der Waals surface area contributed by atoms with Crippen molar-refractivity contribution in [2.45, 2.75) is 11.8 Å². The summed E-state index contributed by atoms with van der Waals surface area (Å²) in [5.74, 6) is 0. The zero-order valence-electron chi connectivity index (χ0n) is 8.91. The van der Waals surface area contributed by atoms with E-state index in [1.165, 1.54) is 11.6 Å². The SMILES string of the molecule is Cc1ccc(N)cc1S(=O)(=O)Nc1nncs1. The lowest BCUT2D eigenvalue weighted by Crippen LogP contribution is -2.14. The molecule has 90 valence electrons. The van der Waals surface area contributed by atoms with Gasteiger partial charge in [0.1, 0.15) is 5.51 Å². The van der Waals surface area contributed by atoms with Gasteiger partial charge in [0.25, 0.3) is 10.0 Å². The number of rotatable bonds is 3. The summed E-state index contributed by atoms with van der Waals surface area (Å²) < 4.78 is 26.4. The molecule has 6 nitrogen and oxygen atoms in total. The van der Waals surface area contributed by atoms with E-state index in [4.69, 9.17) is 5.73 Å². The Morgan fingerprint density at radius 2 is 2.18 bits per heavy atom. The Morgan fingerprint density at radius 3 is 2.82 bits per heavy atom.